The van der Waals surface area contributed by atoms with E-state index in [2.05, 4.69) is 20.0 Å². The van der Waals surface area contributed by atoms with Crippen molar-refractivity contribution in [3.63, 3.8) is 0 Å². The summed E-state index contributed by atoms with van der Waals surface area (Å²) in [5, 5.41) is 3.35. The van der Waals surface area contributed by atoms with E-state index in [-0.39, 0.29) is 23.9 Å². The Bertz CT molecular complexity index is 1180. The summed E-state index contributed by atoms with van der Waals surface area (Å²) >= 11 is 0. The number of rotatable bonds is 4. The lowest BCUT2D eigenvalue weighted by Crippen LogP contribution is -2.23. The Morgan fingerprint density at radius 3 is 2.86 bits per heavy atom. The van der Waals surface area contributed by atoms with E-state index in [0.29, 0.717) is 16.6 Å². The van der Waals surface area contributed by atoms with Gasteiger partial charge in [-0.1, -0.05) is 0 Å². The van der Waals surface area contributed by atoms with Gasteiger partial charge < -0.3 is 19.4 Å². The van der Waals surface area contributed by atoms with E-state index < -0.39 is 6.36 Å². The maximum atomic E-state index is 12.4. The summed E-state index contributed by atoms with van der Waals surface area (Å²) in [6.07, 6.45) is -1.06. The fourth-order valence-electron chi connectivity index (χ4n) is 2.91. The molecule has 0 aliphatic carbocycles. The van der Waals surface area contributed by atoms with E-state index >= 15 is 0 Å². The van der Waals surface area contributed by atoms with Crippen LogP contribution in [0.5, 0.6) is 5.75 Å². The van der Waals surface area contributed by atoms with Gasteiger partial charge in [-0.3, -0.25) is 4.79 Å². The first kappa shape index (κ1) is 17.9. The molecule has 1 amide bonds. The number of benzene rings is 1. The van der Waals surface area contributed by atoms with Gasteiger partial charge in [0.25, 0.3) is 5.91 Å². The molecule has 144 valence electrons. The topological polar surface area (TPSA) is 71.4 Å². The molecular formula is C19H15F3N4O2. The summed E-state index contributed by atoms with van der Waals surface area (Å²) in [5.74, 6) is -0.739. The third-order valence-electron chi connectivity index (χ3n) is 4.17. The number of aryl methyl sites for hydroxylation is 1. The second kappa shape index (κ2) is 6.59. The van der Waals surface area contributed by atoms with E-state index in [4.69, 9.17) is 0 Å². The number of hydrogen-bond acceptors (Lipinski definition) is 3. The van der Waals surface area contributed by atoms with Crippen LogP contribution in [0.15, 0.2) is 48.8 Å². The minimum Gasteiger partial charge on any atom is -0.406 e. The van der Waals surface area contributed by atoms with E-state index in [9.17, 15) is 18.0 Å². The smallest absolute Gasteiger partial charge is 0.406 e. The number of amides is 1. The van der Waals surface area contributed by atoms with E-state index in [0.717, 1.165) is 11.2 Å². The zero-order valence-electron chi connectivity index (χ0n) is 14.7. The predicted molar refractivity (Wildman–Crippen MR) is 96.1 cm³/mol. The largest absolute Gasteiger partial charge is 0.573 e. The van der Waals surface area contributed by atoms with Gasteiger partial charge in [-0.15, -0.1) is 13.2 Å². The van der Waals surface area contributed by atoms with E-state index in [1.807, 2.05) is 35.9 Å². The molecule has 28 heavy (non-hydrogen) atoms. The molecular weight excluding hydrogens is 373 g/mol. The third-order valence-corrected chi connectivity index (χ3v) is 4.17. The van der Waals surface area contributed by atoms with Gasteiger partial charge in [0, 0.05) is 29.4 Å². The second-order valence-corrected chi connectivity index (χ2v) is 6.36. The number of alkyl halides is 3. The van der Waals surface area contributed by atoms with Crippen molar-refractivity contribution in [3.05, 3.63) is 65.7 Å². The first-order chi connectivity index (χ1) is 13.3. The first-order valence-electron chi connectivity index (χ1n) is 8.38. The van der Waals surface area contributed by atoms with Crippen molar-refractivity contribution in [1.82, 2.24) is 19.7 Å². The van der Waals surface area contributed by atoms with Crippen molar-refractivity contribution < 1.29 is 22.7 Å². The van der Waals surface area contributed by atoms with Crippen LogP contribution >= 0.6 is 0 Å². The quantitative estimate of drug-likeness (QED) is 0.556. The summed E-state index contributed by atoms with van der Waals surface area (Å²) in [7, 11) is 0. The lowest BCUT2D eigenvalue weighted by atomic mass is 10.2. The highest BCUT2D eigenvalue weighted by Gasteiger charge is 2.31. The molecule has 0 fully saturated rings. The normalized spacial score (nSPS) is 11.9. The SMILES string of the molecule is Cc1ccn2cc(CNC(=O)c3cc4ccc(OC(F)(F)F)cc4[nH]3)nc2c1. The molecule has 2 N–H and O–H groups in total. The molecule has 0 radical (unpaired) electrons. The Morgan fingerprint density at radius 2 is 2.07 bits per heavy atom. The number of carbonyl (C=O) groups is 1. The monoisotopic (exact) mass is 388 g/mol. The summed E-state index contributed by atoms with van der Waals surface area (Å²) < 4.78 is 42.7. The van der Waals surface area contributed by atoms with Crippen molar-refractivity contribution >= 4 is 22.5 Å². The summed E-state index contributed by atoms with van der Waals surface area (Å²) in [4.78, 5) is 19.6. The Kier molecular flexibility index (Phi) is 4.21. The fourth-order valence-corrected chi connectivity index (χ4v) is 2.91. The van der Waals surface area contributed by atoms with Crippen molar-refractivity contribution in [3.8, 4) is 5.75 Å². The first-order valence-corrected chi connectivity index (χ1v) is 8.38. The van der Waals surface area contributed by atoms with Crippen LogP contribution in [-0.4, -0.2) is 26.6 Å². The average Bonchev–Trinajstić information content (AvgIpc) is 3.20. The molecule has 4 aromatic rings. The van der Waals surface area contributed by atoms with Crippen LogP contribution in [0.3, 0.4) is 0 Å². The number of aromatic amines is 1. The van der Waals surface area contributed by atoms with Gasteiger partial charge in [0.1, 0.15) is 17.1 Å². The molecule has 0 atom stereocenters. The van der Waals surface area contributed by atoms with Crippen LogP contribution < -0.4 is 10.1 Å². The summed E-state index contributed by atoms with van der Waals surface area (Å²) in [6, 6.07) is 9.30. The average molecular weight is 388 g/mol. The minimum atomic E-state index is -4.77. The Balaban J connectivity index is 1.48. The molecule has 6 nitrogen and oxygen atoms in total. The lowest BCUT2D eigenvalue weighted by molar-refractivity contribution is -0.274. The number of nitrogens with one attached hydrogen (secondary N) is 2. The standard InChI is InChI=1S/C19H15F3N4O2/c1-11-4-5-26-10-13(24-17(26)6-11)9-23-18(27)16-7-12-2-3-14(8-15(12)25-16)28-19(20,21)22/h2-8,10,25H,9H2,1H3,(H,23,27). The predicted octanol–water partition coefficient (Wildman–Crippen LogP) is 3.95. The number of aromatic nitrogens is 3. The fraction of sp³-hybridized carbons (Fsp3) is 0.158. The molecule has 0 aliphatic rings. The van der Waals surface area contributed by atoms with Gasteiger partial charge >= 0.3 is 6.36 Å². The molecule has 0 bridgehead atoms. The number of H-pyrrole nitrogens is 1. The van der Waals surface area contributed by atoms with Gasteiger partial charge in [0.2, 0.25) is 0 Å². The van der Waals surface area contributed by atoms with Gasteiger partial charge in [0.05, 0.1) is 12.2 Å². The molecule has 0 aliphatic heterocycles. The molecule has 0 saturated heterocycles. The van der Waals surface area contributed by atoms with Crippen LogP contribution in [0.25, 0.3) is 16.6 Å². The molecule has 0 saturated carbocycles. The Morgan fingerprint density at radius 1 is 1.25 bits per heavy atom. The Labute approximate surface area is 156 Å². The summed E-state index contributed by atoms with van der Waals surface area (Å²) in [5.41, 5.74) is 3.16. The lowest BCUT2D eigenvalue weighted by Gasteiger charge is -2.08. The van der Waals surface area contributed by atoms with Crippen molar-refractivity contribution in [2.45, 2.75) is 19.8 Å². The molecule has 0 unspecified atom stereocenters. The highest BCUT2D eigenvalue weighted by atomic mass is 19.4. The molecule has 4 rings (SSSR count). The van der Waals surface area contributed by atoms with Crippen molar-refractivity contribution in [2.75, 3.05) is 0 Å². The number of nitrogens with zero attached hydrogens (tertiary/aromatic N) is 2. The molecule has 3 heterocycles. The summed E-state index contributed by atoms with van der Waals surface area (Å²) in [6.45, 7) is 2.19. The van der Waals surface area contributed by atoms with Crippen LogP contribution in [0, 0.1) is 6.92 Å². The number of halogens is 3. The second-order valence-electron chi connectivity index (χ2n) is 6.36. The highest BCUT2D eigenvalue weighted by molar-refractivity contribution is 5.98. The van der Waals surface area contributed by atoms with Crippen LogP contribution in [-0.2, 0) is 6.54 Å². The maximum absolute atomic E-state index is 12.4. The number of pyridine rings is 1. The number of ether oxygens (including phenoxy) is 1. The third kappa shape index (κ3) is 3.78. The minimum absolute atomic E-state index is 0.220. The van der Waals surface area contributed by atoms with Gasteiger partial charge in [-0.2, -0.15) is 0 Å². The zero-order chi connectivity index (χ0) is 19.9. The van der Waals surface area contributed by atoms with Gasteiger partial charge in [0.15, 0.2) is 0 Å². The number of hydrogen-bond donors (Lipinski definition) is 2. The van der Waals surface area contributed by atoms with Crippen LogP contribution in [0.4, 0.5) is 13.2 Å². The van der Waals surface area contributed by atoms with Gasteiger partial charge in [-0.05, 0) is 42.8 Å². The number of fused-ring (bicyclic) bond motifs is 2. The van der Waals surface area contributed by atoms with Gasteiger partial charge in [-0.25, -0.2) is 4.98 Å². The molecule has 3 aromatic heterocycles. The Hall–Kier alpha value is -3.49. The van der Waals surface area contributed by atoms with Crippen LogP contribution in [0.2, 0.25) is 0 Å². The van der Waals surface area contributed by atoms with Crippen molar-refractivity contribution in [1.29, 1.82) is 0 Å². The van der Waals surface area contributed by atoms with E-state index in [1.54, 1.807) is 6.07 Å². The highest BCUT2D eigenvalue weighted by Crippen LogP contribution is 2.26. The van der Waals surface area contributed by atoms with Crippen molar-refractivity contribution in [2.24, 2.45) is 0 Å². The zero-order valence-corrected chi connectivity index (χ0v) is 14.7. The molecule has 0 spiro atoms. The van der Waals surface area contributed by atoms with Crippen LogP contribution in [0.1, 0.15) is 21.7 Å². The number of carbonyl (C=O) groups excluding carboxylic acids is 1. The maximum Gasteiger partial charge on any atom is 0.573 e. The molecule has 1 aromatic carbocycles. The number of imidazole rings is 1. The molecule has 9 heteroatoms. The van der Waals surface area contributed by atoms with E-state index in [1.165, 1.54) is 18.2 Å².